The van der Waals surface area contributed by atoms with Gasteiger partial charge in [-0.15, -0.1) is 0 Å². The van der Waals surface area contributed by atoms with Gasteiger partial charge >= 0.3 is 0 Å². The van der Waals surface area contributed by atoms with Crippen molar-refractivity contribution in [3.8, 4) is 28.3 Å². The fourth-order valence-electron chi connectivity index (χ4n) is 3.94. The van der Waals surface area contributed by atoms with Gasteiger partial charge in [-0.25, -0.2) is 13.1 Å². The summed E-state index contributed by atoms with van der Waals surface area (Å²) in [5.41, 5.74) is 2.35. The largest absolute Gasteiger partial charge is 0.497 e. The lowest BCUT2D eigenvalue weighted by Crippen LogP contribution is -2.19. The Bertz CT molecular complexity index is 1430. The predicted molar refractivity (Wildman–Crippen MR) is 126 cm³/mol. The van der Waals surface area contributed by atoms with Gasteiger partial charge < -0.3 is 14.6 Å². The number of anilines is 1. The molecule has 0 saturated carbocycles. The van der Waals surface area contributed by atoms with Gasteiger partial charge in [-0.2, -0.15) is 5.10 Å². The molecule has 0 spiro atoms. The Labute approximate surface area is 196 Å². The van der Waals surface area contributed by atoms with Gasteiger partial charge in [0.1, 0.15) is 11.6 Å². The standard InChI is InChI=1S/C24H22N4O5S/c1-32-19-9-7-17(8-10-19)22-13-21(27-33-22)24(29)25-23-14-20(16-5-3-2-4-6-16)26-28(23)18-11-12-34(30,31)15-18/h2-10,13-14,18H,11-12,15H2,1H3,(H,25,29)/t18-/m0/s1. The monoisotopic (exact) mass is 478 g/mol. The minimum atomic E-state index is -3.14. The van der Waals surface area contributed by atoms with Gasteiger partial charge in [-0.05, 0) is 30.7 Å². The van der Waals surface area contributed by atoms with Gasteiger partial charge in [-0.1, -0.05) is 35.5 Å². The van der Waals surface area contributed by atoms with E-state index in [0.29, 0.717) is 29.4 Å². The van der Waals surface area contributed by atoms with Crippen molar-refractivity contribution in [2.24, 2.45) is 0 Å². The molecule has 1 aliphatic rings. The van der Waals surface area contributed by atoms with Crippen LogP contribution in [0.3, 0.4) is 0 Å². The third-order valence-corrected chi connectivity index (χ3v) is 7.47. The summed E-state index contributed by atoms with van der Waals surface area (Å²) >= 11 is 0. The molecule has 10 heteroatoms. The average molecular weight is 479 g/mol. The molecule has 1 amide bonds. The molecule has 1 N–H and O–H groups in total. The van der Waals surface area contributed by atoms with Crippen LogP contribution in [0.4, 0.5) is 5.82 Å². The number of sulfone groups is 1. The summed E-state index contributed by atoms with van der Waals surface area (Å²) in [5, 5.41) is 11.4. The van der Waals surface area contributed by atoms with E-state index < -0.39 is 15.7 Å². The number of benzene rings is 2. The molecular weight excluding hydrogens is 456 g/mol. The van der Waals surface area contributed by atoms with Crippen LogP contribution in [0.15, 0.2) is 71.3 Å². The first-order valence-corrected chi connectivity index (χ1v) is 12.5. The van der Waals surface area contributed by atoms with E-state index in [1.807, 2.05) is 42.5 Å². The van der Waals surface area contributed by atoms with Crippen molar-refractivity contribution in [1.82, 2.24) is 14.9 Å². The van der Waals surface area contributed by atoms with Crippen molar-refractivity contribution in [3.63, 3.8) is 0 Å². The maximum absolute atomic E-state index is 13.0. The van der Waals surface area contributed by atoms with Crippen molar-refractivity contribution in [2.45, 2.75) is 12.5 Å². The van der Waals surface area contributed by atoms with Gasteiger partial charge in [0, 0.05) is 23.3 Å². The molecule has 0 aliphatic carbocycles. The Kier molecular flexibility index (Phi) is 5.66. The van der Waals surface area contributed by atoms with Crippen molar-refractivity contribution < 1.29 is 22.5 Å². The summed E-state index contributed by atoms with van der Waals surface area (Å²) in [5.74, 6) is 1.15. The third-order valence-electron chi connectivity index (χ3n) is 5.72. The highest BCUT2D eigenvalue weighted by molar-refractivity contribution is 7.91. The van der Waals surface area contributed by atoms with Crippen LogP contribution in [0.1, 0.15) is 23.0 Å². The minimum absolute atomic E-state index is 0.0165. The van der Waals surface area contributed by atoms with Crippen LogP contribution < -0.4 is 10.1 Å². The van der Waals surface area contributed by atoms with Crippen LogP contribution in [-0.4, -0.2) is 47.9 Å². The second-order valence-corrected chi connectivity index (χ2v) is 10.3. The van der Waals surface area contributed by atoms with E-state index in [0.717, 1.165) is 11.1 Å². The van der Waals surface area contributed by atoms with Crippen LogP contribution in [0.2, 0.25) is 0 Å². The fraction of sp³-hybridized carbons (Fsp3) is 0.208. The smallest absolute Gasteiger partial charge is 0.279 e. The lowest BCUT2D eigenvalue weighted by Gasteiger charge is -2.13. The zero-order valence-corrected chi connectivity index (χ0v) is 19.2. The van der Waals surface area contributed by atoms with Crippen molar-refractivity contribution in [1.29, 1.82) is 0 Å². The molecule has 0 radical (unpaired) electrons. The number of nitrogens with zero attached hydrogens (tertiary/aromatic N) is 3. The quantitative estimate of drug-likeness (QED) is 0.448. The average Bonchev–Trinajstić information content (AvgIpc) is 3.58. The van der Waals surface area contributed by atoms with E-state index in [4.69, 9.17) is 9.26 Å². The molecule has 34 heavy (non-hydrogen) atoms. The molecule has 3 heterocycles. The lowest BCUT2D eigenvalue weighted by atomic mass is 10.1. The Morgan fingerprint density at radius 3 is 2.53 bits per heavy atom. The zero-order chi connectivity index (χ0) is 23.7. The van der Waals surface area contributed by atoms with Gasteiger partial charge in [0.05, 0.1) is 30.4 Å². The minimum Gasteiger partial charge on any atom is -0.497 e. The number of hydrogen-bond acceptors (Lipinski definition) is 7. The number of rotatable bonds is 6. The van der Waals surface area contributed by atoms with Crippen molar-refractivity contribution in [2.75, 3.05) is 23.9 Å². The normalized spacial score (nSPS) is 16.9. The summed E-state index contributed by atoms with van der Waals surface area (Å²) in [6.07, 6.45) is 0.437. The Morgan fingerprint density at radius 2 is 1.85 bits per heavy atom. The molecule has 1 atom stereocenters. The molecule has 174 valence electrons. The molecule has 0 bridgehead atoms. The third kappa shape index (κ3) is 4.44. The highest BCUT2D eigenvalue weighted by Gasteiger charge is 2.32. The van der Waals surface area contributed by atoms with Gasteiger partial charge in [0.15, 0.2) is 21.3 Å². The van der Waals surface area contributed by atoms with E-state index in [9.17, 15) is 13.2 Å². The van der Waals surface area contributed by atoms with E-state index in [1.165, 1.54) is 0 Å². The van der Waals surface area contributed by atoms with E-state index in [2.05, 4.69) is 15.6 Å². The number of methoxy groups -OCH3 is 1. The molecular formula is C24H22N4O5S. The number of hydrogen-bond donors (Lipinski definition) is 1. The highest BCUT2D eigenvalue weighted by Crippen LogP contribution is 2.31. The topological polar surface area (TPSA) is 116 Å². The van der Waals surface area contributed by atoms with Crippen molar-refractivity contribution in [3.05, 3.63) is 72.4 Å². The molecule has 9 nitrogen and oxygen atoms in total. The summed E-state index contributed by atoms with van der Waals surface area (Å²) < 4.78 is 36.2. The van der Waals surface area contributed by atoms with Crippen LogP contribution >= 0.6 is 0 Å². The molecule has 0 unspecified atom stereocenters. The highest BCUT2D eigenvalue weighted by atomic mass is 32.2. The first-order chi connectivity index (χ1) is 16.4. The number of carbonyl (C=O) groups is 1. The van der Waals surface area contributed by atoms with E-state index in [-0.39, 0.29) is 23.2 Å². The van der Waals surface area contributed by atoms with Crippen LogP contribution in [0.25, 0.3) is 22.6 Å². The lowest BCUT2D eigenvalue weighted by molar-refractivity contribution is 0.101. The Morgan fingerprint density at radius 1 is 1.09 bits per heavy atom. The first-order valence-electron chi connectivity index (χ1n) is 10.7. The number of ether oxygens (including phenoxy) is 1. The number of amides is 1. The second-order valence-electron chi connectivity index (χ2n) is 8.04. The van der Waals surface area contributed by atoms with Gasteiger partial charge in [-0.3, -0.25) is 4.79 Å². The van der Waals surface area contributed by atoms with Crippen LogP contribution in [0, 0.1) is 0 Å². The molecule has 1 saturated heterocycles. The maximum Gasteiger partial charge on any atom is 0.279 e. The molecule has 1 aliphatic heterocycles. The Balaban J connectivity index is 1.42. The summed E-state index contributed by atoms with van der Waals surface area (Å²) in [7, 11) is -1.55. The summed E-state index contributed by atoms with van der Waals surface area (Å²) in [4.78, 5) is 13.0. The predicted octanol–water partition coefficient (Wildman–Crippen LogP) is 3.83. The van der Waals surface area contributed by atoms with Crippen molar-refractivity contribution >= 4 is 21.6 Å². The fourth-order valence-corrected chi connectivity index (χ4v) is 5.63. The van der Waals surface area contributed by atoms with Crippen LogP contribution in [-0.2, 0) is 9.84 Å². The van der Waals surface area contributed by atoms with E-state index in [1.54, 1.807) is 36.1 Å². The zero-order valence-electron chi connectivity index (χ0n) is 18.3. The summed E-state index contributed by atoms with van der Waals surface area (Å²) in [6.45, 7) is 0. The first kappa shape index (κ1) is 21.9. The molecule has 2 aromatic carbocycles. The molecule has 2 aromatic heterocycles. The Hall–Kier alpha value is -3.92. The molecule has 1 fully saturated rings. The number of aromatic nitrogens is 3. The maximum atomic E-state index is 13.0. The van der Waals surface area contributed by atoms with Crippen LogP contribution in [0.5, 0.6) is 5.75 Å². The van der Waals surface area contributed by atoms with E-state index >= 15 is 0 Å². The molecule has 4 aromatic rings. The summed E-state index contributed by atoms with van der Waals surface area (Å²) in [6, 6.07) is 19.6. The van der Waals surface area contributed by atoms with Gasteiger partial charge in [0.25, 0.3) is 5.91 Å². The SMILES string of the molecule is COc1ccc(-c2cc(C(=O)Nc3cc(-c4ccccc4)nn3[C@H]3CCS(=O)(=O)C3)no2)cc1. The number of carbonyl (C=O) groups excluding carboxylic acids is 1. The number of nitrogens with one attached hydrogen (secondary N) is 1. The second kappa shape index (κ2) is 8.79. The van der Waals surface area contributed by atoms with Gasteiger partial charge in [0.2, 0.25) is 0 Å². The molecule has 5 rings (SSSR count).